The minimum atomic E-state index is -0.407. The maximum absolute atomic E-state index is 11.0. The van der Waals surface area contributed by atoms with Crippen LogP contribution in [-0.4, -0.2) is 17.5 Å². The lowest BCUT2D eigenvalue weighted by molar-refractivity contribution is -0.135. The van der Waals surface area contributed by atoms with Gasteiger partial charge in [0.15, 0.2) is 0 Å². The van der Waals surface area contributed by atoms with Gasteiger partial charge in [0.25, 0.3) is 0 Å². The Kier molecular flexibility index (Phi) is 7.48. The molecule has 0 aliphatic heterocycles. The molecule has 0 bridgehead atoms. The molecule has 0 fully saturated rings. The van der Waals surface area contributed by atoms with Gasteiger partial charge in [-0.25, -0.2) is 4.79 Å². The van der Waals surface area contributed by atoms with E-state index in [0.717, 1.165) is 22.8 Å². The van der Waals surface area contributed by atoms with E-state index in [-0.39, 0.29) is 6.10 Å². The molecule has 0 aliphatic rings. The van der Waals surface area contributed by atoms with Crippen molar-refractivity contribution in [3.63, 3.8) is 0 Å². The molecule has 98 valence electrons. The minimum absolute atomic E-state index is 0.0122. The molecular weight excluding hydrogens is 343 g/mol. The predicted octanol–water partition coefficient (Wildman–Crippen LogP) is 3.65. The van der Waals surface area contributed by atoms with Crippen molar-refractivity contribution >= 4 is 28.6 Å². The highest BCUT2D eigenvalue weighted by atomic mass is 127. The number of benzene rings is 1. The second kappa shape index (κ2) is 8.97. The number of hydrogen-bond donors (Lipinski definition) is 0. The van der Waals surface area contributed by atoms with E-state index in [4.69, 9.17) is 4.74 Å². The Morgan fingerprint density at radius 2 is 2.11 bits per heavy atom. The lowest BCUT2D eigenvalue weighted by atomic mass is 10.1. The molecule has 1 aromatic rings. The van der Waals surface area contributed by atoms with Gasteiger partial charge in [0.1, 0.15) is 6.10 Å². The summed E-state index contributed by atoms with van der Waals surface area (Å²) < 4.78 is 11.2. The van der Waals surface area contributed by atoms with Gasteiger partial charge >= 0.3 is 5.97 Å². The summed E-state index contributed by atoms with van der Waals surface area (Å²) in [5.74, 6) is -0.407. The summed E-state index contributed by atoms with van der Waals surface area (Å²) in [4.78, 5) is 11.0. The molecular formula is C14H17IO3. The van der Waals surface area contributed by atoms with Gasteiger partial charge in [0.05, 0.1) is 19.4 Å². The molecule has 0 aromatic heterocycles. The first kappa shape index (κ1) is 15.0. The zero-order valence-corrected chi connectivity index (χ0v) is 12.5. The smallest absolute Gasteiger partial charge is 0.333 e. The van der Waals surface area contributed by atoms with Crippen molar-refractivity contribution in [3.8, 4) is 0 Å². The number of ether oxygens (including phenoxy) is 2. The number of esters is 1. The van der Waals surface area contributed by atoms with Crippen molar-refractivity contribution in [2.75, 3.05) is 11.5 Å². The number of methoxy groups -OCH3 is 1. The van der Waals surface area contributed by atoms with E-state index in [1.54, 1.807) is 0 Å². The van der Waals surface area contributed by atoms with Gasteiger partial charge < -0.3 is 9.47 Å². The van der Waals surface area contributed by atoms with Gasteiger partial charge in [-0.2, -0.15) is 0 Å². The van der Waals surface area contributed by atoms with Gasteiger partial charge in [-0.3, -0.25) is 0 Å². The lowest BCUT2D eigenvalue weighted by Crippen LogP contribution is -2.02. The third-order valence-electron chi connectivity index (χ3n) is 2.42. The Balaban J connectivity index is 2.61. The van der Waals surface area contributed by atoms with Crippen molar-refractivity contribution < 1.29 is 14.3 Å². The summed E-state index contributed by atoms with van der Waals surface area (Å²) in [6.07, 6.45) is 4.70. The Hall–Kier alpha value is -1.04. The lowest BCUT2D eigenvalue weighted by Gasteiger charge is -2.16. The SMILES string of the molecule is COC(=O)/C=C/OC(CCCI)c1ccccc1. The van der Waals surface area contributed by atoms with E-state index in [1.165, 1.54) is 19.4 Å². The van der Waals surface area contributed by atoms with E-state index in [9.17, 15) is 4.79 Å². The zero-order valence-electron chi connectivity index (χ0n) is 10.3. The van der Waals surface area contributed by atoms with Crippen LogP contribution in [0.15, 0.2) is 42.7 Å². The largest absolute Gasteiger partial charge is 0.493 e. The number of rotatable bonds is 7. The van der Waals surface area contributed by atoms with E-state index < -0.39 is 5.97 Å². The van der Waals surface area contributed by atoms with Gasteiger partial charge in [-0.15, -0.1) is 0 Å². The van der Waals surface area contributed by atoms with Crippen molar-refractivity contribution in [1.29, 1.82) is 0 Å². The first-order chi connectivity index (χ1) is 8.77. The number of hydrogen-bond acceptors (Lipinski definition) is 3. The third-order valence-corrected chi connectivity index (χ3v) is 3.18. The molecule has 0 spiro atoms. The number of alkyl halides is 1. The topological polar surface area (TPSA) is 35.5 Å². The van der Waals surface area contributed by atoms with E-state index in [2.05, 4.69) is 27.3 Å². The molecule has 18 heavy (non-hydrogen) atoms. The fourth-order valence-electron chi connectivity index (χ4n) is 1.50. The Labute approximate surface area is 121 Å². The third kappa shape index (κ3) is 5.53. The van der Waals surface area contributed by atoms with Crippen molar-refractivity contribution in [1.82, 2.24) is 0 Å². The average Bonchev–Trinajstić information content (AvgIpc) is 2.43. The van der Waals surface area contributed by atoms with Gasteiger partial charge in [-0.05, 0) is 22.8 Å². The highest BCUT2D eigenvalue weighted by Crippen LogP contribution is 2.23. The highest BCUT2D eigenvalue weighted by molar-refractivity contribution is 14.1. The second-order valence-electron chi connectivity index (χ2n) is 3.69. The molecule has 3 nitrogen and oxygen atoms in total. The van der Waals surface area contributed by atoms with Crippen molar-refractivity contribution in [2.45, 2.75) is 18.9 Å². The summed E-state index contributed by atoms with van der Waals surface area (Å²) in [7, 11) is 1.34. The Morgan fingerprint density at radius 3 is 2.72 bits per heavy atom. The fourth-order valence-corrected chi connectivity index (χ4v) is 1.94. The number of carbonyl (C=O) groups excluding carboxylic acids is 1. The van der Waals surface area contributed by atoms with E-state index in [1.807, 2.05) is 30.3 Å². The normalized spacial score (nSPS) is 12.3. The maximum atomic E-state index is 11.0. The summed E-state index contributed by atoms with van der Waals surface area (Å²) in [6.45, 7) is 0. The van der Waals surface area contributed by atoms with Gasteiger partial charge in [0, 0.05) is 0 Å². The summed E-state index contributed by atoms with van der Waals surface area (Å²) in [5.41, 5.74) is 1.12. The van der Waals surface area contributed by atoms with Crippen LogP contribution in [-0.2, 0) is 14.3 Å². The van der Waals surface area contributed by atoms with Crippen LogP contribution in [0, 0.1) is 0 Å². The molecule has 4 heteroatoms. The second-order valence-corrected chi connectivity index (χ2v) is 4.77. The molecule has 1 atom stereocenters. The molecule has 0 aliphatic carbocycles. The maximum Gasteiger partial charge on any atom is 0.333 e. The first-order valence-corrected chi connectivity index (χ1v) is 7.31. The fraction of sp³-hybridized carbons (Fsp3) is 0.357. The van der Waals surface area contributed by atoms with Gasteiger partial charge in [0.2, 0.25) is 0 Å². The van der Waals surface area contributed by atoms with Crippen molar-refractivity contribution in [2.24, 2.45) is 0 Å². The zero-order chi connectivity index (χ0) is 13.2. The molecule has 0 saturated carbocycles. The summed E-state index contributed by atoms with van der Waals surface area (Å²) in [6, 6.07) is 10.0. The van der Waals surface area contributed by atoms with Crippen LogP contribution in [0.4, 0.5) is 0 Å². The molecule has 0 saturated heterocycles. The van der Waals surface area contributed by atoms with Crippen LogP contribution in [0.25, 0.3) is 0 Å². The molecule has 1 aromatic carbocycles. The van der Waals surface area contributed by atoms with Gasteiger partial charge in [-0.1, -0.05) is 52.9 Å². The van der Waals surface area contributed by atoms with Crippen LogP contribution in [0.1, 0.15) is 24.5 Å². The molecule has 0 heterocycles. The van der Waals surface area contributed by atoms with E-state index in [0.29, 0.717) is 0 Å². The molecule has 1 unspecified atom stereocenters. The Bertz CT molecular complexity index is 376. The number of carbonyl (C=O) groups is 1. The van der Waals surface area contributed by atoms with E-state index >= 15 is 0 Å². The first-order valence-electron chi connectivity index (χ1n) is 5.78. The van der Waals surface area contributed by atoms with Crippen LogP contribution in [0.2, 0.25) is 0 Å². The van der Waals surface area contributed by atoms with Crippen LogP contribution in [0.3, 0.4) is 0 Å². The predicted molar refractivity (Wildman–Crippen MR) is 79.5 cm³/mol. The van der Waals surface area contributed by atoms with Crippen LogP contribution < -0.4 is 0 Å². The summed E-state index contributed by atoms with van der Waals surface area (Å²) >= 11 is 2.35. The molecule has 0 N–H and O–H groups in total. The van der Waals surface area contributed by atoms with Crippen LogP contribution in [0.5, 0.6) is 0 Å². The molecule has 0 amide bonds. The average molecular weight is 360 g/mol. The highest BCUT2D eigenvalue weighted by Gasteiger charge is 2.10. The monoisotopic (exact) mass is 360 g/mol. The summed E-state index contributed by atoms with van der Waals surface area (Å²) in [5, 5.41) is 0. The minimum Gasteiger partial charge on any atom is -0.493 e. The Morgan fingerprint density at radius 1 is 1.39 bits per heavy atom. The van der Waals surface area contributed by atoms with Crippen LogP contribution >= 0.6 is 22.6 Å². The quantitative estimate of drug-likeness (QED) is 0.245. The number of halogens is 1. The van der Waals surface area contributed by atoms with Crippen molar-refractivity contribution in [3.05, 3.63) is 48.2 Å². The standard InChI is InChI=1S/C14H17IO3/c1-17-14(16)9-11-18-13(8-5-10-15)12-6-3-2-4-7-12/h2-4,6-7,9,11,13H,5,8,10H2,1H3/b11-9+. The molecule has 1 rings (SSSR count). The molecule has 0 radical (unpaired) electrons.